The normalized spacial score (nSPS) is 18.2. The van der Waals surface area contributed by atoms with Gasteiger partial charge in [-0.05, 0) is 44.4 Å². The van der Waals surface area contributed by atoms with Crippen molar-refractivity contribution in [3.05, 3.63) is 29.8 Å². The number of benzene rings is 1. The molecular weight excluding hydrogens is 252 g/mol. The molecule has 1 aromatic carbocycles. The zero-order chi connectivity index (χ0) is 14.4. The number of aryl methyl sites for hydroxylation is 1. The minimum Gasteiger partial charge on any atom is -0.378 e. The molecule has 0 aromatic heterocycles. The second-order valence-corrected chi connectivity index (χ2v) is 5.31. The first kappa shape index (κ1) is 15.0. The molecule has 1 fully saturated rings. The van der Waals surface area contributed by atoms with E-state index in [1.54, 1.807) is 0 Å². The lowest BCUT2D eigenvalue weighted by molar-refractivity contribution is -0.120. The maximum Gasteiger partial charge on any atom is 0.229 e. The van der Waals surface area contributed by atoms with Gasteiger partial charge in [0.05, 0.1) is 12.5 Å². The second kappa shape index (κ2) is 7.41. The Bertz CT molecular complexity index is 442. The van der Waals surface area contributed by atoms with Crippen molar-refractivity contribution in [1.29, 1.82) is 0 Å². The molecule has 1 heterocycles. The Morgan fingerprint density at radius 3 is 2.90 bits per heavy atom. The quantitative estimate of drug-likeness (QED) is 0.867. The van der Waals surface area contributed by atoms with Gasteiger partial charge in [-0.15, -0.1) is 0 Å². The third-order valence-corrected chi connectivity index (χ3v) is 3.72. The molecule has 4 heteroatoms. The van der Waals surface area contributed by atoms with Crippen molar-refractivity contribution in [3.8, 4) is 0 Å². The SMILES string of the molecule is Cc1ccccc1N(CCCN)C(=O)CC1CCCO1. The van der Waals surface area contributed by atoms with E-state index in [1.165, 1.54) is 0 Å². The molecule has 0 spiro atoms. The maximum absolute atomic E-state index is 12.6. The first-order valence-electron chi connectivity index (χ1n) is 7.40. The lowest BCUT2D eigenvalue weighted by Gasteiger charge is -2.25. The van der Waals surface area contributed by atoms with E-state index in [-0.39, 0.29) is 12.0 Å². The summed E-state index contributed by atoms with van der Waals surface area (Å²) in [6, 6.07) is 7.99. The number of hydrogen-bond donors (Lipinski definition) is 1. The zero-order valence-electron chi connectivity index (χ0n) is 12.2. The molecule has 0 aliphatic carbocycles. The molecule has 1 aliphatic rings. The molecule has 1 amide bonds. The molecule has 1 aliphatic heterocycles. The van der Waals surface area contributed by atoms with Crippen molar-refractivity contribution in [1.82, 2.24) is 0 Å². The van der Waals surface area contributed by atoms with Gasteiger partial charge in [-0.1, -0.05) is 18.2 Å². The summed E-state index contributed by atoms with van der Waals surface area (Å²) in [5.41, 5.74) is 7.70. The number of anilines is 1. The van der Waals surface area contributed by atoms with Crippen LogP contribution in [0.25, 0.3) is 0 Å². The highest BCUT2D eigenvalue weighted by atomic mass is 16.5. The Kier molecular flexibility index (Phi) is 5.56. The van der Waals surface area contributed by atoms with E-state index in [0.717, 1.165) is 37.1 Å². The van der Waals surface area contributed by atoms with Crippen LogP contribution in [0.3, 0.4) is 0 Å². The van der Waals surface area contributed by atoms with Crippen molar-refractivity contribution in [2.75, 3.05) is 24.6 Å². The van der Waals surface area contributed by atoms with Crippen molar-refractivity contribution in [2.45, 2.75) is 38.7 Å². The second-order valence-electron chi connectivity index (χ2n) is 5.31. The number of para-hydroxylation sites is 1. The van der Waals surface area contributed by atoms with E-state index < -0.39 is 0 Å². The predicted molar refractivity (Wildman–Crippen MR) is 80.8 cm³/mol. The number of ether oxygens (including phenoxy) is 1. The Hall–Kier alpha value is -1.39. The molecule has 1 aromatic rings. The van der Waals surface area contributed by atoms with Gasteiger partial charge in [0.25, 0.3) is 0 Å². The van der Waals surface area contributed by atoms with Crippen molar-refractivity contribution in [3.63, 3.8) is 0 Å². The number of amides is 1. The molecule has 1 unspecified atom stereocenters. The van der Waals surface area contributed by atoms with E-state index in [9.17, 15) is 4.79 Å². The number of nitrogens with zero attached hydrogens (tertiary/aromatic N) is 1. The maximum atomic E-state index is 12.6. The number of hydrogen-bond acceptors (Lipinski definition) is 3. The largest absolute Gasteiger partial charge is 0.378 e. The first-order chi connectivity index (χ1) is 9.72. The van der Waals surface area contributed by atoms with E-state index in [2.05, 4.69) is 0 Å². The number of nitrogens with two attached hydrogens (primary N) is 1. The van der Waals surface area contributed by atoms with E-state index in [4.69, 9.17) is 10.5 Å². The average molecular weight is 276 g/mol. The summed E-state index contributed by atoms with van der Waals surface area (Å²) in [5.74, 6) is 0.139. The van der Waals surface area contributed by atoms with Crippen LogP contribution in [0.15, 0.2) is 24.3 Å². The fraction of sp³-hybridized carbons (Fsp3) is 0.562. The van der Waals surface area contributed by atoms with Gasteiger partial charge in [0.1, 0.15) is 0 Å². The molecule has 1 saturated heterocycles. The molecule has 20 heavy (non-hydrogen) atoms. The van der Waals surface area contributed by atoms with Gasteiger partial charge < -0.3 is 15.4 Å². The molecule has 0 bridgehead atoms. The fourth-order valence-corrected chi connectivity index (χ4v) is 2.61. The van der Waals surface area contributed by atoms with Crippen molar-refractivity contribution >= 4 is 11.6 Å². The van der Waals surface area contributed by atoms with Crippen LogP contribution in [0.5, 0.6) is 0 Å². The van der Waals surface area contributed by atoms with Gasteiger partial charge in [-0.3, -0.25) is 4.79 Å². The van der Waals surface area contributed by atoms with Crippen LogP contribution in [-0.2, 0) is 9.53 Å². The molecular formula is C16H24N2O2. The predicted octanol–water partition coefficient (Wildman–Crippen LogP) is 2.25. The molecule has 0 radical (unpaired) electrons. The summed E-state index contributed by atoms with van der Waals surface area (Å²) in [4.78, 5) is 14.4. The minimum absolute atomic E-state index is 0.0897. The van der Waals surface area contributed by atoms with Crippen LogP contribution in [0.1, 0.15) is 31.2 Å². The highest BCUT2D eigenvalue weighted by Gasteiger charge is 2.24. The zero-order valence-corrected chi connectivity index (χ0v) is 12.2. The van der Waals surface area contributed by atoms with Crippen LogP contribution < -0.4 is 10.6 Å². The van der Waals surface area contributed by atoms with Gasteiger partial charge in [-0.25, -0.2) is 0 Å². The van der Waals surface area contributed by atoms with Crippen molar-refractivity contribution < 1.29 is 9.53 Å². The van der Waals surface area contributed by atoms with Crippen LogP contribution >= 0.6 is 0 Å². The molecule has 110 valence electrons. The van der Waals surface area contributed by atoms with Crippen LogP contribution in [-0.4, -0.2) is 31.7 Å². The minimum atomic E-state index is 0.0897. The smallest absolute Gasteiger partial charge is 0.229 e. The Morgan fingerprint density at radius 1 is 1.45 bits per heavy atom. The topological polar surface area (TPSA) is 55.6 Å². The molecule has 1 atom stereocenters. The first-order valence-corrected chi connectivity index (χ1v) is 7.40. The lowest BCUT2D eigenvalue weighted by atomic mass is 10.1. The average Bonchev–Trinajstić information content (AvgIpc) is 2.94. The highest BCUT2D eigenvalue weighted by molar-refractivity contribution is 5.94. The molecule has 2 N–H and O–H groups in total. The summed E-state index contributed by atoms with van der Waals surface area (Å²) < 4.78 is 5.57. The van der Waals surface area contributed by atoms with Crippen molar-refractivity contribution in [2.24, 2.45) is 5.73 Å². The third kappa shape index (κ3) is 3.81. The monoisotopic (exact) mass is 276 g/mol. The van der Waals surface area contributed by atoms with E-state index in [0.29, 0.717) is 19.5 Å². The Labute approximate surface area is 120 Å². The van der Waals surface area contributed by atoms with Crippen LogP contribution in [0, 0.1) is 6.92 Å². The number of carbonyl (C=O) groups is 1. The van der Waals surface area contributed by atoms with Gasteiger partial charge >= 0.3 is 0 Å². The molecule has 0 saturated carbocycles. The summed E-state index contributed by atoms with van der Waals surface area (Å²) in [5, 5.41) is 0. The van der Waals surface area contributed by atoms with Gasteiger partial charge in [0, 0.05) is 18.8 Å². The summed E-state index contributed by atoms with van der Waals surface area (Å²) in [6.07, 6.45) is 3.42. The molecule has 4 nitrogen and oxygen atoms in total. The summed E-state index contributed by atoms with van der Waals surface area (Å²) in [6.45, 7) is 4.08. The van der Waals surface area contributed by atoms with E-state index in [1.807, 2.05) is 36.1 Å². The Balaban J connectivity index is 2.09. The third-order valence-electron chi connectivity index (χ3n) is 3.72. The van der Waals surface area contributed by atoms with Crippen LogP contribution in [0.4, 0.5) is 5.69 Å². The number of rotatable bonds is 6. The highest BCUT2D eigenvalue weighted by Crippen LogP contribution is 2.23. The van der Waals surface area contributed by atoms with Gasteiger partial charge in [-0.2, -0.15) is 0 Å². The number of carbonyl (C=O) groups excluding carboxylic acids is 1. The van der Waals surface area contributed by atoms with E-state index >= 15 is 0 Å². The van der Waals surface area contributed by atoms with Gasteiger partial charge in [0.15, 0.2) is 0 Å². The summed E-state index contributed by atoms with van der Waals surface area (Å²) >= 11 is 0. The van der Waals surface area contributed by atoms with Crippen LogP contribution in [0.2, 0.25) is 0 Å². The van der Waals surface area contributed by atoms with Gasteiger partial charge in [0.2, 0.25) is 5.91 Å². The lowest BCUT2D eigenvalue weighted by Crippen LogP contribution is -2.35. The Morgan fingerprint density at radius 2 is 2.25 bits per heavy atom. The fourth-order valence-electron chi connectivity index (χ4n) is 2.61. The summed E-state index contributed by atoms with van der Waals surface area (Å²) in [7, 11) is 0. The molecule has 2 rings (SSSR count). The standard InChI is InChI=1S/C16H24N2O2/c1-13-6-2-3-8-15(13)18(10-5-9-17)16(19)12-14-7-4-11-20-14/h2-3,6,8,14H,4-5,7,9-12,17H2,1H3.